The van der Waals surface area contributed by atoms with Gasteiger partial charge in [0.15, 0.2) is 0 Å². The first-order chi connectivity index (χ1) is 8.15. The Morgan fingerprint density at radius 3 is 2.06 bits per heavy atom. The molecule has 1 amide bonds. The molecule has 18 heavy (non-hydrogen) atoms. The van der Waals surface area contributed by atoms with Crippen molar-refractivity contribution in [2.45, 2.75) is 33.3 Å². The molecular formula is C13H26N2O3. The molecule has 0 saturated heterocycles. The lowest BCUT2D eigenvalue weighted by Gasteiger charge is -2.04. The van der Waals surface area contributed by atoms with Gasteiger partial charge in [-0.2, -0.15) is 0 Å². The Bertz CT molecular complexity index is 346. The molecule has 0 heterocycles. The predicted octanol–water partition coefficient (Wildman–Crippen LogP) is 1.71. The van der Waals surface area contributed by atoms with Crippen LogP contribution in [0.15, 0.2) is 18.2 Å². The standard InChI is InChI=1S/C8H11NO.C4H10O.CH3NO.H2/c1-6-3-4-8(10-2)7(9)5-6;1-4(2,3)5;2-1-3;/h3-5H,9H2,1-2H3;5H,1-3H3;1H,(H2,2,3);1H. The van der Waals surface area contributed by atoms with Crippen molar-refractivity contribution < 1.29 is 16.1 Å². The summed E-state index contributed by atoms with van der Waals surface area (Å²) in [6.45, 7) is 7.22. The van der Waals surface area contributed by atoms with Crippen molar-refractivity contribution >= 4 is 12.1 Å². The molecule has 0 radical (unpaired) electrons. The van der Waals surface area contributed by atoms with E-state index in [1.54, 1.807) is 27.9 Å². The maximum Gasteiger partial charge on any atom is 0.204 e. The van der Waals surface area contributed by atoms with Crippen LogP contribution in [0.1, 0.15) is 27.8 Å². The van der Waals surface area contributed by atoms with Gasteiger partial charge < -0.3 is 21.3 Å². The number of benzene rings is 1. The minimum Gasteiger partial charge on any atom is -0.495 e. The largest absolute Gasteiger partial charge is 0.495 e. The smallest absolute Gasteiger partial charge is 0.204 e. The molecule has 0 aliphatic carbocycles. The summed E-state index contributed by atoms with van der Waals surface area (Å²) >= 11 is 0. The van der Waals surface area contributed by atoms with Crippen molar-refractivity contribution in [3.8, 4) is 5.75 Å². The summed E-state index contributed by atoms with van der Waals surface area (Å²) in [6, 6.07) is 5.72. The number of methoxy groups -OCH3 is 1. The third kappa shape index (κ3) is 14.2. The van der Waals surface area contributed by atoms with E-state index in [-0.39, 0.29) is 7.84 Å². The number of rotatable bonds is 1. The Morgan fingerprint density at radius 1 is 1.39 bits per heavy atom. The Hall–Kier alpha value is -1.75. The molecule has 0 unspecified atom stereocenters. The monoisotopic (exact) mass is 258 g/mol. The number of primary amides is 1. The number of anilines is 1. The van der Waals surface area contributed by atoms with E-state index >= 15 is 0 Å². The highest BCUT2D eigenvalue weighted by Gasteiger charge is 1.98. The summed E-state index contributed by atoms with van der Waals surface area (Å²) in [5, 5.41) is 8.52. The lowest BCUT2D eigenvalue weighted by molar-refractivity contribution is -0.106. The van der Waals surface area contributed by atoms with Crippen LogP contribution >= 0.6 is 0 Å². The summed E-state index contributed by atoms with van der Waals surface area (Å²) < 4.78 is 4.97. The minimum absolute atomic E-state index is 0. The van der Waals surface area contributed by atoms with Gasteiger partial charge >= 0.3 is 0 Å². The molecule has 5 nitrogen and oxygen atoms in total. The number of aryl methyl sites for hydroxylation is 1. The first-order valence-electron chi connectivity index (χ1n) is 5.43. The molecular weight excluding hydrogens is 232 g/mol. The molecule has 5 heteroatoms. The molecule has 0 atom stereocenters. The average Bonchev–Trinajstić information content (AvgIpc) is 2.16. The molecule has 0 spiro atoms. The lowest BCUT2D eigenvalue weighted by Crippen LogP contribution is -2.10. The molecule has 5 N–H and O–H groups in total. The second-order valence-corrected chi connectivity index (χ2v) is 4.55. The van der Waals surface area contributed by atoms with E-state index in [2.05, 4.69) is 5.73 Å². The van der Waals surface area contributed by atoms with Crippen LogP contribution in [0.5, 0.6) is 5.75 Å². The van der Waals surface area contributed by atoms with Gasteiger partial charge in [0.1, 0.15) is 5.75 Å². The van der Waals surface area contributed by atoms with Crippen molar-refractivity contribution in [3.05, 3.63) is 23.8 Å². The van der Waals surface area contributed by atoms with Crippen LogP contribution in [0.4, 0.5) is 5.69 Å². The molecule has 0 aliphatic rings. The molecule has 1 aromatic carbocycles. The Labute approximate surface area is 110 Å². The number of hydrogen-bond acceptors (Lipinski definition) is 4. The molecule has 1 rings (SSSR count). The second kappa shape index (κ2) is 9.30. The van der Waals surface area contributed by atoms with Crippen LogP contribution in [-0.2, 0) is 4.79 Å². The number of carbonyl (C=O) groups excluding carboxylic acids is 1. The van der Waals surface area contributed by atoms with Crippen LogP contribution in [0.3, 0.4) is 0 Å². The second-order valence-electron chi connectivity index (χ2n) is 4.55. The van der Waals surface area contributed by atoms with Gasteiger partial charge in [0.25, 0.3) is 0 Å². The molecule has 0 aromatic heterocycles. The third-order valence-corrected chi connectivity index (χ3v) is 1.39. The van der Waals surface area contributed by atoms with E-state index in [4.69, 9.17) is 20.4 Å². The molecule has 0 aliphatic heterocycles. The van der Waals surface area contributed by atoms with Crippen LogP contribution in [0, 0.1) is 6.92 Å². The number of nitrogens with two attached hydrogens (primary N) is 2. The maximum absolute atomic E-state index is 8.58. The zero-order valence-corrected chi connectivity index (χ0v) is 11.7. The lowest BCUT2D eigenvalue weighted by atomic mass is 10.2. The van der Waals surface area contributed by atoms with E-state index < -0.39 is 5.60 Å². The summed E-state index contributed by atoms with van der Waals surface area (Å²) in [4.78, 5) is 8.58. The van der Waals surface area contributed by atoms with Gasteiger partial charge in [-0.25, -0.2) is 0 Å². The Kier molecular flexibility index (Phi) is 9.61. The third-order valence-electron chi connectivity index (χ3n) is 1.39. The van der Waals surface area contributed by atoms with E-state index in [1.165, 1.54) is 0 Å². The van der Waals surface area contributed by atoms with E-state index in [1.807, 2.05) is 25.1 Å². The fourth-order valence-electron chi connectivity index (χ4n) is 0.854. The summed E-state index contributed by atoms with van der Waals surface area (Å²) in [5.41, 5.74) is 11.1. The van der Waals surface area contributed by atoms with Gasteiger partial charge in [-0.1, -0.05) is 6.07 Å². The SMILES string of the molecule is CC(C)(C)O.COc1ccc(C)cc1N.NC=O.[HH]. The number of nitrogen functional groups attached to an aromatic ring is 1. The molecule has 0 bridgehead atoms. The van der Waals surface area contributed by atoms with Crippen molar-refractivity contribution in [2.75, 3.05) is 12.8 Å². The van der Waals surface area contributed by atoms with E-state index in [0.717, 1.165) is 11.3 Å². The van der Waals surface area contributed by atoms with Crippen LogP contribution < -0.4 is 16.2 Å². The number of hydrogen-bond donors (Lipinski definition) is 3. The molecule has 0 fully saturated rings. The van der Waals surface area contributed by atoms with Gasteiger partial charge in [0.05, 0.1) is 18.4 Å². The topological polar surface area (TPSA) is 98.6 Å². The van der Waals surface area contributed by atoms with Crippen LogP contribution in [-0.4, -0.2) is 24.2 Å². The van der Waals surface area contributed by atoms with Crippen LogP contribution in [0.25, 0.3) is 0 Å². The predicted molar refractivity (Wildman–Crippen MR) is 76.5 cm³/mol. The maximum atomic E-state index is 8.58. The number of carbonyl (C=O) groups is 1. The summed E-state index contributed by atoms with van der Waals surface area (Å²) in [6.07, 6.45) is 0.250. The van der Waals surface area contributed by atoms with Gasteiger partial charge in [-0.15, -0.1) is 0 Å². The highest BCUT2D eigenvalue weighted by Crippen LogP contribution is 2.20. The highest BCUT2D eigenvalue weighted by atomic mass is 16.5. The summed E-state index contributed by atoms with van der Waals surface area (Å²) in [5.74, 6) is 0.741. The fraction of sp³-hybridized carbons (Fsp3) is 0.462. The Balaban J connectivity index is -0.000000243. The van der Waals surface area contributed by atoms with E-state index in [0.29, 0.717) is 5.69 Å². The average molecular weight is 258 g/mol. The normalized spacial score (nSPS) is 9.22. The zero-order chi connectivity index (χ0) is 14.8. The van der Waals surface area contributed by atoms with Gasteiger partial charge in [-0.05, 0) is 45.4 Å². The minimum atomic E-state index is -0.500. The summed E-state index contributed by atoms with van der Waals surface area (Å²) in [7, 11) is 1.61. The first kappa shape index (κ1) is 18.6. The fourth-order valence-corrected chi connectivity index (χ4v) is 0.854. The van der Waals surface area contributed by atoms with E-state index in [9.17, 15) is 0 Å². The Morgan fingerprint density at radius 2 is 1.78 bits per heavy atom. The van der Waals surface area contributed by atoms with Crippen LogP contribution in [0.2, 0.25) is 0 Å². The molecule has 1 aromatic rings. The highest BCUT2D eigenvalue weighted by molar-refractivity contribution is 5.53. The first-order valence-corrected chi connectivity index (χ1v) is 5.43. The number of aliphatic hydroxyl groups is 1. The van der Waals surface area contributed by atoms with Gasteiger partial charge in [-0.3, -0.25) is 4.79 Å². The quantitative estimate of drug-likeness (QED) is 0.527. The van der Waals surface area contributed by atoms with Crippen molar-refractivity contribution in [3.63, 3.8) is 0 Å². The molecule has 106 valence electrons. The van der Waals surface area contributed by atoms with Crippen molar-refractivity contribution in [2.24, 2.45) is 5.73 Å². The number of ether oxygens (including phenoxy) is 1. The van der Waals surface area contributed by atoms with Crippen molar-refractivity contribution in [1.29, 1.82) is 0 Å². The van der Waals surface area contributed by atoms with Gasteiger partial charge in [0, 0.05) is 1.43 Å². The molecule has 0 saturated carbocycles. The van der Waals surface area contributed by atoms with Gasteiger partial charge in [0.2, 0.25) is 6.41 Å². The zero-order valence-electron chi connectivity index (χ0n) is 11.7. The number of amides is 1. The van der Waals surface area contributed by atoms with Crippen molar-refractivity contribution in [1.82, 2.24) is 0 Å².